The van der Waals surface area contributed by atoms with E-state index in [0.29, 0.717) is 51.7 Å². The van der Waals surface area contributed by atoms with Crippen LogP contribution in [0.3, 0.4) is 0 Å². The molecule has 0 heterocycles. The number of sulfonamides is 2. The second kappa shape index (κ2) is 18.3. The summed E-state index contributed by atoms with van der Waals surface area (Å²) < 4.78 is 68.6. The molecule has 2 rings (SSSR count). The normalized spacial score (nSPS) is 11.9. The van der Waals surface area contributed by atoms with Crippen molar-refractivity contribution in [1.82, 2.24) is 18.4 Å². The number of likely N-dealkylation sites (N-methyl/N-ethyl adjacent to an activating group) is 4. The van der Waals surface area contributed by atoms with Gasteiger partial charge in [0.2, 0.25) is 20.0 Å². The third-order valence-corrected chi connectivity index (χ3v) is 11.6. The molecule has 0 fully saturated rings. The number of ether oxygens (including phenoxy) is 3. The highest BCUT2D eigenvalue weighted by Crippen LogP contribution is 2.29. The number of hydrogen-bond acceptors (Lipinski definition) is 11. The summed E-state index contributed by atoms with van der Waals surface area (Å²) in [4.78, 5) is 25.7. The van der Waals surface area contributed by atoms with Crippen molar-refractivity contribution in [1.29, 1.82) is 0 Å². The third-order valence-electron chi connectivity index (χ3n) is 7.30. The Balaban J connectivity index is 0.000000470. The Morgan fingerprint density at radius 2 is 0.936 bits per heavy atom. The van der Waals surface area contributed by atoms with Gasteiger partial charge in [-0.25, -0.2) is 16.8 Å². The molecule has 0 saturated carbocycles. The highest BCUT2D eigenvalue weighted by molar-refractivity contribution is 7.89. The second-order valence-corrected chi connectivity index (χ2v) is 15.2. The summed E-state index contributed by atoms with van der Waals surface area (Å²) in [6.45, 7) is 8.16. The number of aliphatic carboxylic acids is 1. The Labute approximate surface area is 279 Å². The fraction of sp³-hybridized carbons (Fsp3) is 0.548. The van der Waals surface area contributed by atoms with E-state index in [4.69, 9.17) is 14.6 Å². The molecule has 0 atom stereocenters. The predicted octanol–water partition coefficient (Wildman–Crippen LogP) is 1.99. The first kappa shape index (κ1) is 41.7. The third kappa shape index (κ3) is 12.0. The smallest absolute Gasteiger partial charge is 0.319 e. The first-order chi connectivity index (χ1) is 21.7. The van der Waals surface area contributed by atoms with Gasteiger partial charge in [-0.3, -0.25) is 19.4 Å². The summed E-state index contributed by atoms with van der Waals surface area (Å²) in [5.74, 6) is -0.0584. The van der Waals surface area contributed by atoms with Gasteiger partial charge >= 0.3 is 11.9 Å². The molecule has 0 aromatic heterocycles. The summed E-state index contributed by atoms with van der Waals surface area (Å²) in [6, 6.07) is 6.78. The Hall–Kier alpha value is -3.28. The van der Waals surface area contributed by atoms with Crippen molar-refractivity contribution in [3.8, 4) is 11.5 Å². The number of methoxy groups -OCH3 is 3. The number of rotatable bonds is 16. The maximum Gasteiger partial charge on any atom is 0.319 e. The number of aryl methyl sites for hydroxylation is 4. The number of esters is 1. The van der Waals surface area contributed by atoms with Crippen LogP contribution in [0.5, 0.6) is 11.5 Å². The van der Waals surface area contributed by atoms with E-state index in [1.165, 1.54) is 36.9 Å². The maximum absolute atomic E-state index is 12.8. The first-order valence-corrected chi connectivity index (χ1v) is 17.5. The zero-order valence-corrected chi connectivity index (χ0v) is 30.9. The zero-order valence-electron chi connectivity index (χ0n) is 29.3. The molecule has 47 heavy (non-hydrogen) atoms. The molecule has 0 unspecified atom stereocenters. The van der Waals surface area contributed by atoms with Gasteiger partial charge in [0.25, 0.3) is 0 Å². The van der Waals surface area contributed by atoms with Crippen LogP contribution in [0.2, 0.25) is 0 Å². The number of carbonyl (C=O) groups is 2. The molecular weight excluding hydrogens is 652 g/mol. The standard InChI is InChI=1S/C16H26N2O5S.C15H24N2O5S/c1-12-9-14(22-5)10-13(2)16(12)24(20,21)18(4)8-7-17(3)11-15(19)23-6;1-11-8-13(22-5)9-12(2)15(11)23(20,21)17(4)7-6-16(3)10-14(18)19/h9-10H,7-8,11H2,1-6H3;8-9H,6-7,10H2,1-5H3,(H,18,19). The lowest BCUT2D eigenvalue weighted by molar-refractivity contribution is -0.141. The number of carboxylic acids is 1. The molecule has 0 spiro atoms. The van der Waals surface area contributed by atoms with Gasteiger partial charge in [0.15, 0.2) is 0 Å². The summed E-state index contributed by atoms with van der Waals surface area (Å²) in [7, 11) is 3.54. The van der Waals surface area contributed by atoms with Crippen LogP contribution in [-0.4, -0.2) is 141 Å². The van der Waals surface area contributed by atoms with Crippen molar-refractivity contribution in [2.45, 2.75) is 37.5 Å². The van der Waals surface area contributed by atoms with Crippen molar-refractivity contribution in [3.63, 3.8) is 0 Å². The Morgan fingerprint density at radius 1 is 0.617 bits per heavy atom. The molecule has 0 aliphatic heterocycles. The molecule has 14 nitrogen and oxygen atoms in total. The van der Waals surface area contributed by atoms with Crippen LogP contribution < -0.4 is 9.47 Å². The summed E-state index contributed by atoms with van der Waals surface area (Å²) in [6.07, 6.45) is 0. The molecule has 266 valence electrons. The lowest BCUT2D eigenvalue weighted by Gasteiger charge is -2.23. The van der Waals surface area contributed by atoms with Crippen molar-refractivity contribution in [3.05, 3.63) is 46.5 Å². The average molecular weight is 703 g/mol. The molecule has 0 amide bonds. The molecule has 0 saturated heterocycles. The van der Waals surface area contributed by atoms with Gasteiger partial charge in [0.05, 0.1) is 44.2 Å². The van der Waals surface area contributed by atoms with E-state index < -0.39 is 26.0 Å². The van der Waals surface area contributed by atoms with Crippen molar-refractivity contribution >= 4 is 32.0 Å². The van der Waals surface area contributed by atoms with Crippen LogP contribution in [0.1, 0.15) is 22.3 Å². The molecule has 2 aromatic carbocycles. The molecule has 2 aromatic rings. The summed E-state index contributed by atoms with van der Waals surface area (Å²) in [5.41, 5.74) is 2.52. The fourth-order valence-corrected chi connectivity index (χ4v) is 7.85. The number of carboxylic acid groups (broad SMARTS) is 1. The average Bonchev–Trinajstić information content (AvgIpc) is 2.97. The van der Waals surface area contributed by atoms with Crippen LogP contribution in [-0.2, 0) is 34.4 Å². The Bertz CT molecular complexity index is 1550. The van der Waals surface area contributed by atoms with E-state index in [2.05, 4.69) is 4.74 Å². The van der Waals surface area contributed by atoms with Gasteiger partial charge < -0.3 is 19.3 Å². The highest BCUT2D eigenvalue weighted by atomic mass is 32.2. The molecule has 0 aliphatic carbocycles. The first-order valence-electron chi connectivity index (χ1n) is 14.6. The van der Waals surface area contributed by atoms with E-state index in [0.717, 1.165) is 0 Å². The highest BCUT2D eigenvalue weighted by Gasteiger charge is 2.27. The van der Waals surface area contributed by atoms with E-state index in [-0.39, 0.29) is 37.0 Å². The molecule has 0 aliphatic rings. The minimum Gasteiger partial charge on any atom is -0.497 e. The van der Waals surface area contributed by atoms with Gasteiger partial charge in [0, 0.05) is 40.3 Å². The van der Waals surface area contributed by atoms with Crippen molar-refractivity contribution in [2.75, 3.05) is 88.8 Å². The van der Waals surface area contributed by atoms with E-state index in [1.807, 2.05) is 0 Å². The van der Waals surface area contributed by atoms with Crippen LogP contribution >= 0.6 is 0 Å². The van der Waals surface area contributed by atoms with Crippen molar-refractivity contribution < 1.29 is 45.7 Å². The minimum absolute atomic E-state index is 0.116. The molecular formula is C31H50N4O10S2. The lowest BCUT2D eigenvalue weighted by atomic mass is 10.1. The van der Waals surface area contributed by atoms with Crippen LogP contribution in [0.25, 0.3) is 0 Å². The summed E-state index contributed by atoms with van der Waals surface area (Å²) >= 11 is 0. The molecule has 0 bridgehead atoms. The quantitative estimate of drug-likeness (QED) is 0.254. The number of nitrogens with zero attached hydrogens (tertiary/aromatic N) is 4. The molecule has 1 N–H and O–H groups in total. The van der Waals surface area contributed by atoms with Crippen LogP contribution in [0.4, 0.5) is 0 Å². The number of benzene rings is 2. The van der Waals surface area contributed by atoms with Gasteiger partial charge in [0.1, 0.15) is 11.5 Å². The largest absolute Gasteiger partial charge is 0.497 e. The Kier molecular flexibility index (Phi) is 16.3. The van der Waals surface area contributed by atoms with Gasteiger partial charge in [-0.1, -0.05) is 0 Å². The van der Waals surface area contributed by atoms with Gasteiger partial charge in [-0.05, 0) is 88.3 Å². The maximum atomic E-state index is 12.8. The topological polar surface area (TPSA) is 163 Å². The molecule has 16 heteroatoms. The number of carbonyl (C=O) groups excluding carboxylic acids is 1. The number of hydrogen-bond donors (Lipinski definition) is 1. The van der Waals surface area contributed by atoms with E-state index in [9.17, 15) is 26.4 Å². The van der Waals surface area contributed by atoms with E-state index in [1.54, 1.807) is 83.0 Å². The zero-order chi connectivity index (χ0) is 36.3. The van der Waals surface area contributed by atoms with Crippen LogP contribution in [0.15, 0.2) is 34.1 Å². The predicted molar refractivity (Wildman–Crippen MR) is 179 cm³/mol. The van der Waals surface area contributed by atoms with Gasteiger partial charge in [-0.15, -0.1) is 0 Å². The van der Waals surface area contributed by atoms with Crippen LogP contribution in [0, 0.1) is 27.7 Å². The SMILES string of the molecule is COC(=O)CN(C)CCN(C)S(=O)(=O)c1c(C)cc(OC)cc1C.COc1cc(C)c(S(=O)(=O)N(C)CCN(C)CC(=O)O)c(C)c1. The minimum atomic E-state index is -3.65. The Morgan fingerprint density at radius 3 is 1.21 bits per heavy atom. The van der Waals surface area contributed by atoms with E-state index >= 15 is 0 Å². The summed E-state index contributed by atoms with van der Waals surface area (Å²) in [5, 5.41) is 8.72. The molecule has 0 radical (unpaired) electrons. The lowest BCUT2D eigenvalue weighted by Crippen LogP contribution is -2.37. The van der Waals surface area contributed by atoms with Crippen molar-refractivity contribution in [2.24, 2.45) is 0 Å². The second-order valence-electron chi connectivity index (χ2n) is 11.3. The monoisotopic (exact) mass is 702 g/mol. The fourth-order valence-electron chi connectivity index (χ4n) is 4.72. The van der Waals surface area contributed by atoms with Gasteiger partial charge in [-0.2, -0.15) is 8.61 Å².